The molecule has 2 aromatic rings. The first-order chi connectivity index (χ1) is 11.5. The maximum atomic E-state index is 12.5. The molecule has 0 saturated carbocycles. The maximum Gasteiger partial charge on any atom is 0.272 e. The Bertz CT molecular complexity index is 822. The number of aromatic amines is 1. The highest BCUT2D eigenvalue weighted by atomic mass is 35.5. The monoisotopic (exact) mass is 344 g/mol. The van der Waals surface area contributed by atoms with E-state index in [2.05, 4.69) is 22.0 Å². The van der Waals surface area contributed by atoms with Gasteiger partial charge in [0.2, 0.25) is 0 Å². The summed E-state index contributed by atoms with van der Waals surface area (Å²) in [7, 11) is 3.55. The van der Waals surface area contributed by atoms with Gasteiger partial charge in [-0.2, -0.15) is 5.10 Å². The topological polar surface area (TPSA) is 60.5 Å². The van der Waals surface area contributed by atoms with Crippen LogP contribution in [0.2, 0.25) is 5.02 Å². The molecule has 1 aromatic carbocycles. The molecule has 1 unspecified atom stereocenters. The van der Waals surface area contributed by atoms with Crippen molar-refractivity contribution >= 4 is 34.1 Å². The molecule has 0 radical (unpaired) electrons. The quantitative estimate of drug-likeness (QED) is 0.659. The van der Waals surface area contributed by atoms with Gasteiger partial charge >= 0.3 is 0 Å². The van der Waals surface area contributed by atoms with Gasteiger partial charge in [0.1, 0.15) is 5.71 Å². The first-order valence-electron chi connectivity index (χ1n) is 7.99. The Morgan fingerprint density at radius 3 is 3.00 bits per heavy atom. The van der Waals surface area contributed by atoms with Gasteiger partial charge in [-0.3, -0.25) is 4.79 Å². The number of aryl methyl sites for hydroxylation is 1. The van der Waals surface area contributed by atoms with Gasteiger partial charge < -0.3 is 15.3 Å². The number of rotatable bonds is 4. The van der Waals surface area contributed by atoms with Crippen LogP contribution in [0, 0.1) is 0 Å². The third kappa shape index (κ3) is 3.17. The van der Waals surface area contributed by atoms with Gasteiger partial charge in [-0.25, -0.2) is 0 Å². The summed E-state index contributed by atoms with van der Waals surface area (Å²) in [4.78, 5) is 15.9. The van der Waals surface area contributed by atoms with E-state index in [9.17, 15) is 4.79 Å². The largest absolute Gasteiger partial charge is 0.356 e. The number of carbonyl (C=O) groups is 1. The first-order valence-corrected chi connectivity index (χ1v) is 8.36. The van der Waals surface area contributed by atoms with Crippen LogP contribution in [-0.2, 0) is 11.2 Å². The Hall–Kier alpha value is -2.27. The van der Waals surface area contributed by atoms with Crippen molar-refractivity contribution in [2.24, 2.45) is 5.10 Å². The van der Waals surface area contributed by atoms with Crippen molar-refractivity contribution in [2.75, 3.05) is 14.1 Å². The van der Waals surface area contributed by atoms with Gasteiger partial charge in [-0.15, -0.1) is 0 Å². The highest BCUT2D eigenvalue weighted by molar-refractivity contribution is 6.43. The Morgan fingerprint density at radius 1 is 1.50 bits per heavy atom. The van der Waals surface area contributed by atoms with Gasteiger partial charge in [-0.1, -0.05) is 18.2 Å². The highest BCUT2D eigenvalue weighted by Crippen LogP contribution is 2.35. The highest BCUT2D eigenvalue weighted by Gasteiger charge is 2.26. The predicted octanol–water partition coefficient (Wildman–Crippen LogP) is 3.42. The fourth-order valence-corrected chi connectivity index (χ4v) is 3.38. The minimum atomic E-state index is -0.215. The number of carbonyl (C=O) groups excluding carboxylic acids is 1. The lowest BCUT2D eigenvalue weighted by Crippen LogP contribution is -2.36. The zero-order valence-corrected chi connectivity index (χ0v) is 14.7. The minimum Gasteiger partial charge on any atom is -0.356 e. The average molecular weight is 345 g/mol. The molecule has 0 saturated heterocycles. The molecule has 24 heavy (non-hydrogen) atoms. The maximum absolute atomic E-state index is 12.5. The number of hydrazone groups is 1. The Balaban J connectivity index is 1.91. The molecule has 126 valence electrons. The van der Waals surface area contributed by atoms with Crippen molar-refractivity contribution in [1.29, 1.82) is 0 Å². The van der Waals surface area contributed by atoms with Crippen molar-refractivity contribution in [2.45, 2.75) is 25.3 Å². The first kappa shape index (κ1) is 16.6. The van der Waals surface area contributed by atoms with E-state index in [0.29, 0.717) is 5.71 Å². The van der Waals surface area contributed by atoms with Gasteiger partial charge in [0.05, 0.1) is 6.04 Å². The number of H-pyrrole nitrogens is 1. The molecule has 1 aliphatic rings. The molecule has 1 amide bonds. The second kappa shape index (κ2) is 6.69. The SMILES string of the molecule is C=C/C(=N\N(C)C)C(=O)NC1CCCc2c1[nH]c1ccc(Cl)cc21. The van der Waals surface area contributed by atoms with Crippen molar-refractivity contribution < 1.29 is 4.79 Å². The van der Waals surface area contributed by atoms with Crippen LogP contribution < -0.4 is 5.32 Å². The molecule has 5 nitrogen and oxygen atoms in total. The van der Waals surface area contributed by atoms with Crippen LogP contribution in [0.3, 0.4) is 0 Å². The third-order valence-electron chi connectivity index (χ3n) is 4.21. The van der Waals surface area contributed by atoms with Crippen molar-refractivity contribution in [3.8, 4) is 0 Å². The number of fused-ring (bicyclic) bond motifs is 3. The predicted molar refractivity (Wildman–Crippen MR) is 98.4 cm³/mol. The lowest BCUT2D eigenvalue weighted by Gasteiger charge is -2.24. The second-order valence-corrected chi connectivity index (χ2v) is 6.60. The summed E-state index contributed by atoms with van der Waals surface area (Å²) in [6.07, 6.45) is 4.38. The van der Waals surface area contributed by atoms with Gasteiger partial charge in [0.25, 0.3) is 5.91 Å². The van der Waals surface area contributed by atoms with E-state index in [-0.39, 0.29) is 11.9 Å². The summed E-state index contributed by atoms with van der Waals surface area (Å²) < 4.78 is 0. The Labute approximate surface area is 146 Å². The molecule has 1 atom stereocenters. The number of hydrogen-bond acceptors (Lipinski definition) is 3. The molecule has 6 heteroatoms. The van der Waals surface area contributed by atoms with Crippen LogP contribution in [0.4, 0.5) is 0 Å². The minimum absolute atomic E-state index is 0.0558. The van der Waals surface area contributed by atoms with Crippen LogP contribution in [0.25, 0.3) is 10.9 Å². The summed E-state index contributed by atoms with van der Waals surface area (Å²) in [6.45, 7) is 3.68. The smallest absolute Gasteiger partial charge is 0.272 e. The molecular formula is C18H21ClN4O. The average Bonchev–Trinajstić information content (AvgIpc) is 2.91. The van der Waals surface area contributed by atoms with Crippen LogP contribution in [0.1, 0.15) is 30.1 Å². The zero-order valence-electron chi connectivity index (χ0n) is 13.9. The normalized spacial score (nSPS) is 17.5. The summed E-state index contributed by atoms with van der Waals surface area (Å²) in [5.74, 6) is -0.215. The number of aromatic nitrogens is 1. The molecule has 0 fully saturated rings. The number of nitrogens with one attached hydrogen (secondary N) is 2. The van der Waals surface area contributed by atoms with Crippen molar-refractivity contribution in [3.05, 3.63) is 47.1 Å². The lowest BCUT2D eigenvalue weighted by molar-refractivity contribution is -0.115. The van der Waals surface area contributed by atoms with Crippen LogP contribution in [0.5, 0.6) is 0 Å². The Kier molecular flexibility index (Phi) is 4.62. The van der Waals surface area contributed by atoms with E-state index in [0.717, 1.165) is 40.9 Å². The second-order valence-electron chi connectivity index (χ2n) is 6.16. The number of benzene rings is 1. The fraction of sp³-hybridized carbons (Fsp3) is 0.333. The molecule has 1 aromatic heterocycles. The van der Waals surface area contributed by atoms with Gasteiger partial charge in [-0.05, 0) is 49.1 Å². The lowest BCUT2D eigenvalue weighted by atomic mass is 9.91. The molecule has 0 aliphatic heterocycles. The zero-order chi connectivity index (χ0) is 17.3. The summed E-state index contributed by atoms with van der Waals surface area (Å²) in [5, 5.41) is 10.7. The van der Waals surface area contributed by atoms with E-state index >= 15 is 0 Å². The van der Waals surface area contributed by atoms with Gasteiger partial charge in [0.15, 0.2) is 0 Å². The van der Waals surface area contributed by atoms with Gasteiger partial charge in [0, 0.05) is 35.7 Å². The molecule has 2 N–H and O–H groups in total. The summed E-state index contributed by atoms with van der Waals surface area (Å²) in [5.41, 5.74) is 3.68. The van der Waals surface area contributed by atoms with Crippen LogP contribution in [0.15, 0.2) is 36.0 Å². The number of amides is 1. The van der Waals surface area contributed by atoms with E-state index in [1.807, 2.05) is 18.2 Å². The van der Waals surface area contributed by atoms with Crippen molar-refractivity contribution in [1.82, 2.24) is 15.3 Å². The van der Waals surface area contributed by atoms with E-state index in [1.165, 1.54) is 11.6 Å². The molecule has 1 heterocycles. The molecule has 1 aliphatic carbocycles. The van der Waals surface area contributed by atoms with Crippen LogP contribution in [-0.4, -0.2) is 35.7 Å². The van der Waals surface area contributed by atoms with E-state index in [1.54, 1.807) is 19.1 Å². The standard InChI is InChI=1S/C18H21ClN4O/c1-4-14(22-23(2)3)18(24)21-16-7-5-6-12-13-10-11(19)8-9-15(13)20-17(12)16/h4,8-10,16,20H,1,5-7H2,2-3H3,(H,21,24)/b22-14+. The number of nitrogens with zero attached hydrogens (tertiary/aromatic N) is 2. The van der Waals surface area contributed by atoms with Crippen molar-refractivity contribution in [3.63, 3.8) is 0 Å². The third-order valence-corrected chi connectivity index (χ3v) is 4.44. The molecule has 0 bridgehead atoms. The Morgan fingerprint density at radius 2 is 2.29 bits per heavy atom. The fourth-order valence-electron chi connectivity index (χ4n) is 3.21. The summed E-state index contributed by atoms with van der Waals surface area (Å²) >= 11 is 6.13. The summed E-state index contributed by atoms with van der Waals surface area (Å²) in [6, 6.07) is 5.79. The molecule has 0 spiro atoms. The van der Waals surface area contributed by atoms with E-state index < -0.39 is 0 Å². The van der Waals surface area contributed by atoms with E-state index in [4.69, 9.17) is 11.6 Å². The van der Waals surface area contributed by atoms with Crippen LogP contribution >= 0.6 is 11.6 Å². The number of halogens is 1. The molecule has 3 rings (SSSR count). The number of hydrogen-bond donors (Lipinski definition) is 2. The molecular weight excluding hydrogens is 324 g/mol.